The van der Waals surface area contributed by atoms with E-state index in [4.69, 9.17) is 23.2 Å². The summed E-state index contributed by atoms with van der Waals surface area (Å²) in [6, 6.07) is 5.40. The van der Waals surface area contributed by atoms with Crippen LogP contribution >= 0.6 is 23.2 Å². The Morgan fingerprint density at radius 1 is 1.35 bits per heavy atom. The minimum absolute atomic E-state index is 0.658. The molecule has 2 rings (SSSR count). The fourth-order valence-electron chi connectivity index (χ4n) is 1.76. The van der Waals surface area contributed by atoms with Gasteiger partial charge in [-0.2, -0.15) is 5.10 Å². The Bertz CT molecular complexity index is 535. The average Bonchev–Trinajstić information content (AvgIpc) is 2.64. The number of aromatic nitrogens is 2. The number of halogens is 2. The predicted molar refractivity (Wildman–Crippen MR) is 71.4 cm³/mol. The summed E-state index contributed by atoms with van der Waals surface area (Å²) in [7, 11) is 3.79. The smallest absolute Gasteiger partial charge is 0.0983 e. The number of hydrogen-bond acceptors (Lipinski definition) is 2. The molecule has 1 aromatic carbocycles. The van der Waals surface area contributed by atoms with Gasteiger partial charge >= 0.3 is 0 Å². The molecule has 90 valence electrons. The van der Waals surface area contributed by atoms with Crippen LogP contribution in [0.1, 0.15) is 5.56 Å². The minimum Gasteiger partial charge on any atom is -0.316 e. The van der Waals surface area contributed by atoms with Gasteiger partial charge in [0.25, 0.3) is 0 Å². The average molecular weight is 270 g/mol. The van der Waals surface area contributed by atoms with Crippen molar-refractivity contribution in [3.05, 3.63) is 40.0 Å². The summed E-state index contributed by atoms with van der Waals surface area (Å²) in [6.45, 7) is 0.742. The van der Waals surface area contributed by atoms with E-state index < -0.39 is 0 Å². The van der Waals surface area contributed by atoms with E-state index >= 15 is 0 Å². The maximum Gasteiger partial charge on any atom is 0.0983 e. The molecule has 5 heteroatoms. The first-order valence-corrected chi connectivity index (χ1v) is 6.00. The second kappa shape index (κ2) is 5.08. The fourth-order valence-corrected chi connectivity index (χ4v) is 2.14. The molecule has 1 aromatic heterocycles. The molecule has 3 nitrogen and oxygen atoms in total. The van der Waals surface area contributed by atoms with E-state index in [1.165, 1.54) is 0 Å². The number of nitrogens with zero attached hydrogens (tertiary/aromatic N) is 2. The van der Waals surface area contributed by atoms with E-state index in [-0.39, 0.29) is 0 Å². The van der Waals surface area contributed by atoms with Crippen molar-refractivity contribution in [2.24, 2.45) is 7.05 Å². The van der Waals surface area contributed by atoms with Crippen molar-refractivity contribution in [2.45, 2.75) is 6.54 Å². The Hall–Kier alpha value is -1.03. The summed E-state index contributed by atoms with van der Waals surface area (Å²) in [5.41, 5.74) is 2.83. The lowest BCUT2D eigenvalue weighted by molar-refractivity contribution is 0.765. The summed E-state index contributed by atoms with van der Waals surface area (Å²) in [4.78, 5) is 0. The summed E-state index contributed by atoms with van der Waals surface area (Å²) in [5.74, 6) is 0. The maximum absolute atomic E-state index is 6.18. The molecule has 0 unspecified atom stereocenters. The number of aryl methyl sites for hydroxylation is 1. The van der Waals surface area contributed by atoms with E-state index in [1.807, 2.05) is 26.4 Å². The van der Waals surface area contributed by atoms with Gasteiger partial charge in [0.1, 0.15) is 0 Å². The van der Waals surface area contributed by atoms with Crippen LogP contribution in [0.4, 0.5) is 0 Å². The lowest BCUT2D eigenvalue weighted by atomic mass is 10.1. The molecule has 0 fully saturated rings. The monoisotopic (exact) mass is 269 g/mol. The van der Waals surface area contributed by atoms with E-state index in [9.17, 15) is 0 Å². The number of hydrogen-bond donors (Lipinski definition) is 1. The van der Waals surface area contributed by atoms with Crippen LogP contribution in [-0.4, -0.2) is 16.8 Å². The minimum atomic E-state index is 0.658. The number of rotatable bonds is 3. The maximum atomic E-state index is 6.18. The summed E-state index contributed by atoms with van der Waals surface area (Å²) in [5, 5.41) is 8.86. The molecule has 0 radical (unpaired) electrons. The van der Waals surface area contributed by atoms with Gasteiger partial charge in [0, 0.05) is 35.9 Å². The van der Waals surface area contributed by atoms with Crippen LogP contribution in [0.3, 0.4) is 0 Å². The molecule has 0 atom stereocenters. The van der Waals surface area contributed by atoms with Gasteiger partial charge in [0.2, 0.25) is 0 Å². The third-order valence-corrected chi connectivity index (χ3v) is 3.02. The molecule has 0 amide bonds. The highest BCUT2D eigenvalue weighted by molar-refractivity contribution is 6.35. The van der Waals surface area contributed by atoms with Gasteiger partial charge in [0.05, 0.1) is 10.7 Å². The lowest BCUT2D eigenvalue weighted by Crippen LogP contribution is -2.05. The molecule has 0 aliphatic heterocycles. The molecular formula is C12H13Cl2N3. The normalized spacial score (nSPS) is 10.8. The largest absolute Gasteiger partial charge is 0.316 e. The Balaban J connectivity index is 2.55. The highest BCUT2D eigenvalue weighted by atomic mass is 35.5. The van der Waals surface area contributed by atoms with Crippen molar-refractivity contribution in [3.63, 3.8) is 0 Å². The second-order valence-corrected chi connectivity index (χ2v) is 4.67. The van der Waals surface area contributed by atoms with Gasteiger partial charge in [-0.25, -0.2) is 0 Å². The Morgan fingerprint density at radius 2 is 2.12 bits per heavy atom. The van der Waals surface area contributed by atoms with E-state index in [1.54, 1.807) is 16.8 Å². The van der Waals surface area contributed by atoms with Crippen molar-refractivity contribution in [3.8, 4) is 11.3 Å². The number of benzene rings is 1. The molecule has 2 aromatic rings. The van der Waals surface area contributed by atoms with Crippen LogP contribution in [0.15, 0.2) is 24.4 Å². The van der Waals surface area contributed by atoms with Crippen molar-refractivity contribution < 1.29 is 0 Å². The van der Waals surface area contributed by atoms with Gasteiger partial charge in [0.15, 0.2) is 0 Å². The molecule has 1 N–H and O–H groups in total. The summed E-state index contributed by atoms with van der Waals surface area (Å²) < 4.78 is 1.78. The molecule has 0 aliphatic rings. The summed E-state index contributed by atoms with van der Waals surface area (Å²) in [6.07, 6.45) is 1.98. The van der Waals surface area contributed by atoms with Gasteiger partial charge in [-0.05, 0) is 25.2 Å². The Kier molecular flexibility index (Phi) is 3.72. The van der Waals surface area contributed by atoms with Gasteiger partial charge < -0.3 is 5.32 Å². The number of nitrogens with one attached hydrogen (secondary N) is 1. The van der Waals surface area contributed by atoms with Crippen molar-refractivity contribution >= 4 is 23.2 Å². The Morgan fingerprint density at radius 3 is 2.82 bits per heavy atom. The molecule has 0 bridgehead atoms. The Labute approximate surface area is 110 Å². The van der Waals surface area contributed by atoms with Crippen LogP contribution in [0.25, 0.3) is 11.3 Å². The van der Waals surface area contributed by atoms with Crippen molar-refractivity contribution in [1.82, 2.24) is 15.1 Å². The van der Waals surface area contributed by atoms with E-state index in [2.05, 4.69) is 10.4 Å². The first-order chi connectivity index (χ1) is 8.11. The van der Waals surface area contributed by atoms with Crippen LogP contribution in [0.2, 0.25) is 10.0 Å². The molecule has 0 spiro atoms. The molecule has 0 aliphatic carbocycles. The van der Waals surface area contributed by atoms with Gasteiger partial charge in [-0.1, -0.05) is 23.2 Å². The zero-order chi connectivity index (χ0) is 12.4. The molecule has 0 saturated heterocycles. The zero-order valence-electron chi connectivity index (χ0n) is 9.67. The van der Waals surface area contributed by atoms with Gasteiger partial charge in [-0.15, -0.1) is 0 Å². The highest BCUT2D eigenvalue weighted by Crippen LogP contribution is 2.31. The molecule has 17 heavy (non-hydrogen) atoms. The lowest BCUT2D eigenvalue weighted by Gasteiger charge is -2.04. The molecule has 0 saturated carbocycles. The third-order valence-electron chi connectivity index (χ3n) is 2.46. The van der Waals surface area contributed by atoms with Crippen molar-refractivity contribution in [2.75, 3.05) is 7.05 Å². The van der Waals surface area contributed by atoms with Crippen molar-refractivity contribution in [1.29, 1.82) is 0 Å². The molecular weight excluding hydrogens is 257 g/mol. The topological polar surface area (TPSA) is 29.9 Å². The predicted octanol–water partition coefficient (Wildman–Crippen LogP) is 3.11. The first-order valence-electron chi connectivity index (χ1n) is 5.24. The standard InChI is InChI=1S/C12H13Cl2N3/c1-15-6-8-7-17(2)16-12(8)10-5-9(13)3-4-11(10)14/h3-5,7,15H,6H2,1-2H3. The SMILES string of the molecule is CNCc1cn(C)nc1-c1cc(Cl)ccc1Cl. The van der Waals surface area contributed by atoms with Crippen LogP contribution in [-0.2, 0) is 13.6 Å². The van der Waals surface area contributed by atoms with Gasteiger partial charge in [-0.3, -0.25) is 4.68 Å². The van der Waals surface area contributed by atoms with E-state index in [0.29, 0.717) is 10.0 Å². The first kappa shape index (κ1) is 12.4. The second-order valence-electron chi connectivity index (χ2n) is 3.83. The van der Waals surface area contributed by atoms with Crippen LogP contribution < -0.4 is 5.32 Å². The molecule has 1 heterocycles. The van der Waals surface area contributed by atoms with E-state index in [0.717, 1.165) is 23.4 Å². The fraction of sp³-hybridized carbons (Fsp3) is 0.250. The van der Waals surface area contributed by atoms with Crippen LogP contribution in [0.5, 0.6) is 0 Å². The zero-order valence-corrected chi connectivity index (χ0v) is 11.2. The quantitative estimate of drug-likeness (QED) is 0.928. The summed E-state index contributed by atoms with van der Waals surface area (Å²) >= 11 is 12.2. The van der Waals surface area contributed by atoms with Crippen LogP contribution in [0, 0.1) is 0 Å². The highest BCUT2D eigenvalue weighted by Gasteiger charge is 2.13. The third kappa shape index (κ3) is 2.63.